The molecule has 0 aromatic carbocycles. The molecular weight excluding hydrogens is 501 g/mol. The van der Waals surface area contributed by atoms with E-state index in [4.69, 9.17) is 4.74 Å². The van der Waals surface area contributed by atoms with E-state index in [0.717, 1.165) is 19.3 Å². The van der Waals surface area contributed by atoms with Gasteiger partial charge in [-0.05, 0) is 38.5 Å². The molecule has 0 aliphatic heterocycles. The summed E-state index contributed by atoms with van der Waals surface area (Å²) < 4.78 is 18.6. The number of aliphatic hydroxyl groups is 2. The average molecular weight is 565 g/mol. The van der Waals surface area contributed by atoms with Crippen LogP contribution in [0.25, 0.3) is 0 Å². The molecule has 0 rings (SSSR count). The van der Waals surface area contributed by atoms with Crippen LogP contribution >= 0.6 is 7.60 Å². The smallest absolute Gasteiger partial charge is 0.359 e. The number of rotatable bonds is 27. The minimum Gasteiger partial charge on any atom is -0.394 e. The van der Waals surface area contributed by atoms with Crippen molar-refractivity contribution in [3.05, 3.63) is 12.2 Å². The fourth-order valence-electron chi connectivity index (χ4n) is 4.73. The van der Waals surface area contributed by atoms with Gasteiger partial charge in [-0.15, -0.1) is 0 Å². The zero-order chi connectivity index (χ0) is 28.8. The lowest BCUT2D eigenvalue weighted by Gasteiger charge is -2.38. The molecule has 228 valence electrons. The van der Waals surface area contributed by atoms with E-state index in [0.29, 0.717) is 17.4 Å². The van der Waals surface area contributed by atoms with Gasteiger partial charge in [0.2, 0.25) is 0 Å². The molecule has 0 saturated heterocycles. The highest BCUT2D eigenvalue weighted by Crippen LogP contribution is 2.56. The highest BCUT2D eigenvalue weighted by Gasteiger charge is 2.53. The Balaban J connectivity index is 3.95. The van der Waals surface area contributed by atoms with Crippen molar-refractivity contribution >= 4 is 7.60 Å². The van der Waals surface area contributed by atoms with Gasteiger partial charge in [0.15, 0.2) is 5.34 Å². The number of aliphatic hydroxyl groups excluding tert-OH is 2. The number of unbranched alkanes of at least 4 members (excludes halogenated alkanes) is 16. The Kier molecular flexibility index (Phi) is 22.3. The first-order chi connectivity index (χ1) is 18.0. The lowest BCUT2D eigenvalue weighted by atomic mass is 10.0. The topological polar surface area (TPSA) is 107 Å². The van der Waals surface area contributed by atoms with Crippen molar-refractivity contribution in [2.45, 2.75) is 140 Å². The predicted molar refractivity (Wildman–Crippen MR) is 159 cm³/mol. The summed E-state index contributed by atoms with van der Waals surface area (Å²) >= 11 is 0. The van der Waals surface area contributed by atoms with E-state index >= 15 is 0 Å². The first kappa shape index (κ1) is 37.7. The monoisotopic (exact) mass is 564 g/mol. The third kappa shape index (κ3) is 18.9. The first-order valence-electron chi connectivity index (χ1n) is 15.4. The van der Waals surface area contributed by atoms with Crippen LogP contribution in [0, 0.1) is 0 Å². The lowest BCUT2D eigenvalue weighted by molar-refractivity contribution is -0.871. The molecule has 0 aliphatic rings. The molecule has 0 amide bonds. The molecule has 0 radical (unpaired) electrons. The number of hydrogen-bond acceptors (Lipinski definition) is 4. The first-order valence-corrected chi connectivity index (χ1v) is 17.1. The Bertz CT molecular complexity index is 618. The van der Waals surface area contributed by atoms with Crippen molar-refractivity contribution in [3.8, 4) is 0 Å². The fourth-order valence-corrected chi connectivity index (χ4v) is 5.91. The van der Waals surface area contributed by atoms with Gasteiger partial charge >= 0.3 is 7.60 Å². The molecule has 2 unspecified atom stereocenters. The van der Waals surface area contributed by atoms with Crippen LogP contribution in [0.5, 0.6) is 0 Å². The lowest BCUT2D eigenvalue weighted by Crippen LogP contribution is -2.49. The largest absolute Gasteiger partial charge is 0.394 e. The predicted octanol–water partition coefficient (Wildman–Crippen LogP) is 6.92. The average Bonchev–Trinajstić information content (AvgIpc) is 2.84. The van der Waals surface area contributed by atoms with Crippen molar-refractivity contribution in [1.82, 2.24) is 0 Å². The summed E-state index contributed by atoms with van der Waals surface area (Å²) in [6, 6.07) is 0. The number of allylic oxidation sites excluding steroid dienone is 2. The number of ether oxygens (including phenoxy) is 1. The van der Waals surface area contributed by atoms with Gasteiger partial charge in [0, 0.05) is 0 Å². The van der Waals surface area contributed by atoms with E-state index in [-0.39, 0.29) is 13.0 Å². The maximum Gasteiger partial charge on any atom is 0.359 e. The molecule has 7 nitrogen and oxygen atoms in total. The second-order valence-corrected chi connectivity index (χ2v) is 13.9. The van der Waals surface area contributed by atoms with E-state index in [9.17, 15) is 24.6 Å². The normalized spacial score (nSPS) is 15.3. The van der Waals surface area contributed by atoms with Gasteiger partial charge in [0.05, 0.1) is 34.4 Å². The second-order valence-electron chi connectivity index (χ2n) is 12.1. The van der Waals surface area contributed by atoms with Crippen molar-refractivity contribution < 1.29 is 33.8 Å². The van der Waals surface area contributed by atoms with Crippen LogP contribution in [0.3, 0.4) is 0 Å². The zero-order valence-electron chi connectivity index (χ0n) is 25.3. The molecule has 2 atom stereocenters. The van der Waals surface area contributed by atoms with Crippen LogP contribution in [0.2, 0.25) is 0 Å². The minimum atomic E-state index is -4.80. The van der Waals surface area contributed by atoms with Crippen LogP contribution in [-0.4, -0.2) is 76.8 Å². The van der Waals surface area contributed by atoms with Crippen LogP contribution in [-0.2, 0) is 9.30 Å². The number of hydrogen-bond donors (Lipinski definition) is 4. The van der Waals surface area contributed by atoms with Crippen molar-refractivity contribution in [1.29, 1.82) is 0 Å². The van der Waals surface area contributed by atoms with E-state index in [1.807, 2.05) is 21.1 Å². The summed E-state index contributed by atoms with van der Waals surface area (Å²) in [4.78, 5) is 20.0. The van der Waals surface area contributed by atoms with Gasteiger partial charge in [0.25, 0.3) is 0 Å². The Hall–Kier alpha value is -0.270. The highest BCUT2D eigenvalue weighted by atomic mass is 31.2. The van der Waals surface area contributed by atoms with Gasteiger partial charge < -0.3 is 29.2 Å². The summed E-state index contributed by atoms with van der Waals surface area (Å²) in [5, 5.41) is 17.8. The third-order valence-corrected chi connectivity index (χ3v) is 8.98. The molecule has 0 fully saturated rings. The van der Waals surface area contributed by atoms with E-state index in [1.165, 1.54) is 89.9 Å². The molecule has 8 heteroatoms. The maximum atomic E-state index is 12.3. The van der Waals surface area contributed by atoms with Gasteiger partial charge in [-0.3, -0.25) is 4.57 Å². The van der Waals surface area contributed by atoms with E-state index in [1.54, 1.807) is 0 Å². The molecule has 0 spiro atoms. The molecule has 0 aliphatic carbocycles. The molecule has 0 saturated carbocycles. The zero-order valence-corrected chi connectivity index (χ0v) is 26.2. The number of quaternary nitrogens is 1. The Morgan fingerprint density at radius 2 is 1.18 bits per heavy atom. The van der Waals surface area contributed by atoms with Crippen molar-refractivity contribution in [3.63, 3.8) is 0 Å². The maximum absolute atomic E-state index is 12.3. The summed E-state index contributed by atoms with van der Waals surface area (Å²) in [5.74, 6) is 0. The number of nitrogens with zero attached hydrogens (tertiary/aromatic N) is 1. The molecule has 0 aromatic heterocycles. The minimum absolute atomic E-state index is 0.0313. The molecule has 0 bridgehead atoms. The molecule has 4 N–H and O–H groups in total. The Labute approximate surface area is 234 Å². The van der Waals surface area contributed by atoms with Gasteiger partial charge in [0.1, 0.15) is 12.6 Å². The quantitative estimate of drug-likeness (QED) is 0.0373. The number of likely N-dealkylation sites (N-methyl/N-ethyl adjacent to an activating group) is 1. The Morgan fingerprint density at radius 1 is 0.763 bits per heavy atom. The summed E-state index contributed by atoms with van der Waals surface area (Å²) in [7, 11) is 1.08. The SMILES string of the molecule is CCCCCCCCC=CCCCCCCCCCCCCC(OCC[N+](C)(C)C)(C(O)CO)P(=O)(O)O. The van der Waals surface area contributed by atoms with Gasteiger partial charge in [-0.2, -0.15) is 0 Å². The van der Waals surface area contributed by atoms with Crippen LogP contribution in [0.1, 0.15) is 129 Å². The molecule has 38 heavy (non-hydrogen) atoms. The summed E-state index contributed by atoms with van der Waals surface area (Å²) in [5.41, 5.74) is 0. The molecule has 0 aromatic rings. The van der Waals surface area contributed by atoms with Crippen LogP contribution < -0.4 is 0 Å². The van der Waals surface area contributed by atoms with E-state index in [2.05, 4.69) is 19.1 Å². The van der Waals surface area contributed by atoms with E-state index < -0.39 is 25.6 Å². The summed E-state index contributed by atoms with van der Waals surface area (Å²) in [6.07, 6.45) is 24.8. The standard InChI is InChI=1S/C30H62NO6P/c1-5-6-7-8-9-10-11-12-13-14-15-16-17-18-19-20-21-22-23-24-25-30(29(33)28-32,38(34,35)36)37-27-26-31(2,3)4/h12-13,29,32-33H,5-11,14-28H2,1-4H3,(H-,34,35,36)/p+1. The van der Waals surface area contributed by atoms with Gasteiger partial charge in [-0.25, -0.2) is 0 Å². The van der Waals surface area contributed by atoms with Gasteiger partial charge in [-0.1, -0.05) is 103 Å². The molecule has 0 heterocycles. The Morgan fingerprint density at radius 3 is 1.58 bits per heavy atom. The van der Waals surface area contributed by atoms with Crippen molar-refractivity contribution in [2.24, 2.45) is 0 Å². The highest BCUT2D eigenvalue weighted by molar-refractivity contribution is 7.53. The second kappa shape index (κ2) is 22.4. The summed E-state index contributed by atoms with van der Waals surface area (Å²) in [6.45, 7) is 2.15. The molecular formula is C30H63NO6P+. The fraction of sp³-hybridized carbons (Fsp3) is 0.933. The third-order valence-electron chi connectivity index (χ3n) is 7.35. The van der Waals surface area contributed by atoms with Crippen LogP contribution in [0.4, 0.5) is 0 Å². The van der Waals surface area contributed by atoms with Crippen LogP contribution in [0.15, 0.2) is 12.2 Å². The van der Waals surface area contributed by atoms with Crippen molar-refractivity contribution in [2.75, 3.05) is 40.9 Å².